The van der Waals surface area contributed by atoms with E-state index >= 15 is 0 Å². The average molecular weight is 462 g/mol. The number of sulfonamides is 1. The van der Waals surface area contributed by atoms with Gasteiger partial charge in [-0.3, -0.25) is 9.59 Å². The number of ether oxygens (including phenoxy) is 1. The van der Waals surface area contributed by atoms with E-state index in [1.54, 1.807) is 55.0 Å². The van der Waals surface area contributed by atoms with Crippen molar-refractivity contribution in [2.45, 2.75) is 25.6 Å². The molecule has 4 atom stereocenters. The molecule has 9 nitrogen and oxygen atoms in total. The van der Waals surface area contributed by atoms with Gasteiger partial charge in [0.05, 0.1) is 25.3 Å². The number of aliphatic hydroxyl groups is 1. The fraction of sp³-hybridized carbons (Fsp3) is 0.455. The number of carbonyl (C=O) groups is 1. The summed E-state index contributed by atoms with van der Waals surface area (Å²) in [5, 5.41) is 12.9. The van der Waals surface area contributed by atoms with Gasteiger partial charge in [0.25, 0.3) is 5.56 Å². The van der Waals surface area contributed by atoms with Gasteiger partial charge in [-0.15, -0.1) is 0 Å². The summed E-state index contributed by atoms with van der Waals surface area (Å²) in [6.07, 6.45) is 1.10. The highest BCUT2D eigenvalue weighted by molar-refractivity contribution is 7.88. The van der Waals surface area contributed by atoms with E-state index in [-0.39, 0.29) is 24.6 Å². The van der Waals surface area contributed by atoms with Crippen LogP contribution < -0.4 is 15.6 Å². The Morgan fingerprint density at radius 3 is 2.47 bits per heavy atom. The first-order valence-electron chi connectivity index (χ1n) is 10.5. The van der Waals surface area contributed by atoms with E-state index in [2.05, 4.69) is 5.32 Å². The Kier molecular flexibility index (Phi) is 5.87. The number of fused-ring (bicyclic) bond motifs is 4. The van der Waals surface area contributed by atoms with Crippen LogP contribution in [0.5, 0.6) is 5.75 Å². The van der Waals surface area contributed by atoms with Crippen LogP contribution in [0.25, 0.3) is 11.1 Å². The Morgan fingerprint density at radius 1 is 1.22 bits per heavy atom. The molecule has 1 amide bonds. The largest absolute Gasteiger partial charge is 0.497 e. The normalized spacial score (nSPS) is 24.8. The second-order valence-corrected chi connectivity index (χ2v) is 10.1. The van der Waals surface area contributed by atoms with Crippen LogP contribution in [0.2, 0.25) is 0 Å². The molecule has 2 aliphatic heterocycles. The zero-order chi connectivity index (χ0) is 23.2. The van der Waals surface area contributed by atoms with Crippen LogP contribution in [0.4, 0.5) is 0 Å². The molecule has 1 fully saturated rings. The molecule has 3 heterocycles. The number of aliphatic hydroxyl groups excluding tert-OH is 1. The Hall–Kier alpha value is -2.69. The van der Waals surface area contributed by atoms with Crippen LogP contribution in [-0.2, 0) is 21.4 Å². The van der Waals surface area contributed by atoms with Gasteiger partial charge in [-0.1, -0.05) is 12.1 Å². The zero-order valence-corrected chi connectivity index (χ0v) is 19.0. The summed E-state index contributed by atoms with van der Waals surface area (Å²) >= 11 is 0. The van der Waals surface area contributed by atoms with Crippen molar-refractivity contribution < 1.29 is 23.1 Å². The van der Waals surface area contributed by atoms with Crippen LogP contribution >= 0.6 is 0 Å². The topological polar surface area (TPSA) is 118 Å². The minimum Gasteiger partial charge on any atom is -0.497 e. The highest BCUT2D eigenvalue weighted by Gasteiger charge is 2.58. The monoisotopic (exact) mass is 461 g/mol. The van der Waals surface area contributed by atoms with E-state index in [4.69, 9.17) is 4.74 Å². The molecular weight excluding hydrogens is 434 g/mol. The van der Waals surface area contributed by atoms with Gasteiger partial charge in [0, 0.05) is 42.9 Å². The fourth-order valence-electron chi connectivity index (χ4n) is 5.09. The number of rotatable bonds is 6. The van der Waals surface area contributed by atoms with Gasteiger partial charge in [-0.05, 0) is 36.8 Å². The van der Waals surface area contributed by atoms with Gasteiger partial charge in [0.1, 0.15) is 5.75 Å². The van der Waals surface area contributed by atoms with Crippen molar-refractivity contribution in [3.8, 4) is 16.9 Å². The fourth-order valence-corrected chi connectivity index (χ4v) is 6.46. The van der Waals surface area contributed by atoms with E-state index in [9.17, 15) is 23.1 Å². The van der Waals surface area contributed by atoms with Crippen LogP contribution in [0.3, 0.4) is 0 Å². The Morgan fingerprint density at radius 2 is 1.91 bits per heavy atom. The van der Waals surface area contributed by atoms with Gasteiger partial charge in [-0.25, -0.2) is 8.42 Å². The lowest BCUT2D eigenvalue weighted by molar-refractivity contribution is -0.127. The molecular formula is C22H27N3O6S. The molecule has 0 saturated carbocycles. The minimum absolute atomic E-state index is 0.0723. The van der Waals surface area contributed by atoms with Crippen molar-refractivity contribution in [1.29, 1.82) is 0 Å². The molecule has 10 heteroatoms. The third-order valence-electron chi connectivity index (χ3n) is 6.43. The van der Waals surface area contributed by atoms with E-state index in [0.29, 0.717) is 29.1 Å². The van der Waals surface area contributed by atoms with Crippen molar-refractivity contribution in [3.05, 3.63) is 52.4 Å². The highest BCUT2D eigenvalue weighted by Crippen LogP contribution is 2.49. The molecule has 0 spiro atoms. The molecule has 2 N–H and O–H groups in total. The van der Waals surface area contributed by atoms with E-state index in [1.165, 1.54) is 4.31 Å². The molecule has 2 bridgehead atoms. The number of carbonyl (C=O) groups excluding carboxylic acids is 1. The number of benzene rings is 1. The maximum Gasteiger partial charge on any atom is 0.258 e. The number of hydrogen-bond donors (Lipinski definition) is 2. The van der Waals surface area contributed by atoms with E-state index in [1.807, 2.05) is 0 Å². The van der Waals surface area contributed by atoms with Crippen molar-refractivity contribution >= 4 is 15.9 Å². The third kappa shape index (κ3) is 3.52. The van der Waals surface area contributed by atoms with Gasteiger partial charge in [-0.2, -0.15) is 4.31 Å². The van der Waals surface area contributed by atoms with Crippen LogP contribution in [0.1, 0.15) is 18.7 Å². The molecule has 0 radical (unpaired) electrons. The first kappa shape index (κ1) is 22.5. The molecule has 0 unspecified atom stereocenters. The van der Waals surface area contributed by atoms with Gasteiger partial charge in [0.15, 0.2) is 0 Å². The maximum absolute atomic E-state index is 13.4. The van der Waals surface area contributed by atoms with Crippen molar-refractivity contribution in [2.75, 3.05) is 26.5 Å². The smallest absolute Gasteiger partial charge is 0.258 e. The first-order chi connectivity index (χ1) is 15.2. The van der Waals surface area contributed by atoms with Crippen molar-refractivity contribution in [2.24, 2.45) is 11.8 Å². The number of nitrogens with zero attached hydrogens (tertiary/aromatic N) is 2. The summed E-state index contributed by atoms with van der Waals surface area (Å²) in [4.78, 5) is 26.4. The number of amides is 1. The Balaban J connectivity index is 1.87. The zero-order valence-electron chi connectivity index (χ0n) is 18.2. The molecule has 1 aromatic heterocycles. The number of methoxy groups -OCH3 is 1. The Bertz CT molecular complexity index is 1190. The van der Waals surface area contributed by atoms with Gasteiger partial charge >= 0.3 is 0 Å². The summed E-state index contributed by atoms with van der Waals surface area (Å²) < 4.78 is 33.4. The van der Waals surface area contributed by atoms with E-state index < -0.39 is 33.9 Å². The molecule has 0 aliphatic carbocycles. The summed E-state index contributed by atoms with van der Waals surface area (Å²) in [6.45, 7) is 1.87. The second-order valence-electron chi connectivity index (χ2n) is 8.19. The van der Waals surface area contributed by atoms with Gasteiger partial charge in [0.2, 0.25) is 15.9 Å². The SMILES string of the molecule is CCNC(=O)[C@@H]1[C@@H](CO)[C@@H]2Cn3c(ccc(-c4ccc(OC)cc4)c3=O)[C@H]1N2S(C)(=O)=O. The maximum atomic E-state index is 13.4. The molecule has 1 aromatic carbocycles. The van der Waals surface area contributed by atoms with Gasteiger partial charge < -0.3 is 19.7 Å². The molecule has 172 valence electrons. The lowest BCUT2D eigenvalue weighted by Crippen LogP contribution is -2.48. The standard InChI is InChI=1S/C22H27N3O6S/c1-4-23-21(27)19-16(12-26)18-11-24-17(20(19)25(18)32(3,29)30)10-9-15(22(24)28)13-5-7-14(31-2)8-6-13/h5-10,16,18-20,26H,4,11-12H2,1-3H3,(H,23,27)/t16-,18-,19+,20+/m0/s1. The molecule has 4 rings (SSSR count). The van der Waals surface area contributed by atoms with Crippen LogP contribution in [-0.4, -0.2) is 60.9 Å². The first-order valence-corrected chi connectivity index (χ1v) is 12.3. The quantitative estimate of drug-likeness (QED) is 0.650. The number of pyridine rings is 1. The van der Waals surface area contributed by atoms with Crippen LogP contribution in [0, 0.1) is 11.8 Å². The van der Waals surface area contributed by atoms with Crippen LogP contribution in [0.15, 0.2) is 41.2 Å². The summed E-state index contributed by atoms with van der Waals surface area (Å²) in [5.41, 5.74) is 1.38. The number of hydrogen-bond acceptors (Lipinski definition) is 6. The average Bonchev–Trinajstić information content (AvgIpc) is 3.02. The summed E-state index contributed by atoms with van der Waals surface area (Å²) in [6, 6.07) is 8.94. The lowest BCUT2D eigenvalue weighted by Gasteiger charge is -2.36. The predicted molar refractivity (Wildman–Crippen MR) is 119 cm³/mol. The van der Waals surface area contributed by atoms with E-state index in [0.717, 1.165) is 6.26 Å². The van der Waals surface area contributed by atoms with Crippen molar-refractivity contribution in [1.82, 2.24) is 14.2 Å². The summed E-state index contributed by atoms with van der Waals surface area (Å²) in [5.74, 6) is -1.07. The lowest BCUT2D eigenvalue weighted by atomic mass is 9.86. The number of nitrogens with one attached hydrogen (secondary N) is 1. The molecule has 1 saturated heterocycles. The molecule has 2 aliphatic rings. The second kappa shape index (κ2) is 8.34. The van der Waals surface area contributed by atoms with Crippen molar-refractivity contribution in [3.63, 3.8) is 0 Å². The summed E-state index contributed by atoms with van der Waals surface area (Å²) in [7, 11) is -2.13. The molecule has 2 aromatic rings. The predicted octanol–water partition coefficient (Wildman–Crippen LogP) is 0.583. The minimum atomic E-state index is -3.70. The number of aromatic nitrogens is 1. The third-order valence-corrected chi connectivity index (χ3v) is 7.69. The highest BCUT2D eigenvalue weighted by atomic mass is 32.2. The molecule has 32 heavy (non-hydrogen) atoms. The Labute approximate surface area is 186 Å².